The van der Waals surface area contributed by atoms with Gasteiger partial charge in [-0.3, -0.25) is 4.79 Å². The fraction of sp³-hybridized carbons (Fsp3) is 0.682. The van der Waals surface area contributed by atoms with E-state index in [-0.39, 0.29) is 18.1 Å². The van der Waals surface area contributed by atoms with E-state index in [0.717, 1.165) is 38.1 Å². The topological polar surface area (TPSA) is 38.8 Å². The van der Waals surface area contributed by atoms with Crippen LogP contribution in [-0.2, 0) is 20.7 Å². The van der Waals surface area contributed by atoms with Crippen molar-refractivity contribution in [1.82, 2.24) is 4.90 Å². The Morgan fingerprint density at radius 1 is 1.08 bits per heavy atom. The van der Waals surface area contributed by atoms with Crippen LogP contribution in [0.5, 0.6) is 0 Å². The van der Waals surface area contributed by atoms with E-state index in [1.54, 1.807) is 7.11 Å². The number of carbonyl (C=O) groups excluding carboxylic acids is 1. The molecule has 1 heterocycles. The number of rotatable bonds is 7. The van der Waals surface area contributed by atoms with Crippen LogP contribution < -0.4 is 0 Å². The molecule has 26 heavy (non-hydrogen) atoms. The van der Waals surface area contributed by atoms with Gasteiger partial charge in [0.25, 0.3) is 0 Å². The lowest BCUT2D eigenvalue weighted by Crippen LogP contribution is -2.45. The minimum Gasteiger partial charge on any atom is -0.382 e. The van der Waals surface area contributed by atoms with Gasteiger partial charge in [0.05, 0.1) is 25.4 Å². The van der Waals surface area contributed by atoms with Crippen LogP contribution in [0.25, 0.3) is 0 Å². The number of benzene rings is 1. The molecule has 2 aliphatic rings. The summed E-state index contributed by atoms with van der Waals surface area (Å²) in [4.78, 5) is 15.4. The predicted molar refractivity (Wildman–Crippen MR) is 103 cm³/mol. The third-order valence-electron chi connectivity index (χ3n) is 6.04. The number of methoxy groups -OCH3 is 1. The minimum absolute atomic E-state index is 0.108. The molecule has 0 N–H and O–H groups in total. The first kappa shape index (κ1) is 19.4. The Kier molecular flexibility index (Phi) is 7.09. The maximum Gasteiger partial charge on any atom is 0.226 e. The number of hydrogen-bond acceptors (Lipinski definition) is 3. The lowest BCUT2D eigenvalue weighted by atomic mass is 9.82. The van der Waals surface area contributed by atoms with Gasteiger partial charge in [-0.15, -0.1) is 0 Å². The van der Waals surface area contributed by atoms with Crippen LogP contribution in [0, 0.1) is 11.8 Å². The fourth-order valence-electron chi connectivity index (χ4n) is 4.41. The van der Waals surface area contributed by atoms with Crippen molar-refractivity contribution in [3.05, 3.63) is 35.9 Å². The molecule has 1 amide bonds. The van der Waals surface area contributed by atoms with Crippen molar-refractivity contribution in [3.63, 3.8) is 0 Å². The highest BCUT2D eigenvalue weighted by atomic mass is 16.5. The van der Waals surface area contributed by atoms with Crippen molar-refractivity contribution in [2.45, 2.75) is 57.6 Å². The molecule has 1 aromatic carbocycles. The maximum atomic E-state index is 13.2. The Morgan fingerprint density at radius 2 is 1.81 bits per heavy atom. The maximum absolute atomic E-state index is 13.2. The van der Waals surface area contributed by atoms with Gasteiger partial charge in [-0.1, -0.05) is 37.3 Å². The van der Waals surface area contributed by atoms with Gasteiger partial charge in [-0.25, -0.2) is 0 Å². The summed E-state index contributed by atoms with van der Waals surface area (Å²) in [5, 5.41) is 0. The van der Waals surface area contributed by atoms with E-state index in [0.29, 0.717) is 19.1 Å². The van der Waals surface area contributed by atoms with Gasteiger partial charge in [0.1, 0.15) is 0 Å². The summed E-state index contributed by atoms with van der Waals surface area (Å²) in [5.74, 6) is 1.33. The minimum atomic E-state index is 0.108. The smallest absolute Gasteiger partial charge is 0.226 e. The van der Waals surface area contributed by atoms with E-state index in [9.17, 15) is 4.79 Å². The SMILES string of the molecule is COCCO[C@@H]1CCN(C(=O)C2CCC(C)CC2)[C@H]1Cc1ccccc1. The highest BCUT2D eigenvalue weighted by molar-refractivity contribution is 5.79. The average molecular weight is 360 g/mol. The average Bonchev–Trinajstić information content (AvgIpc) is 3.05. The summed E-state index contributed by atoms with van der Waals surface area (Å²) in [6.45, 7) is 4.31. The van der Waals surface area contributed by atoms with Crippen molar-refractivity contribution < 1.29 is 14.3 Å². The van der Waals surface area contributed by atoms with Crippen molar-refractivity contribution >= 4 is 5.91 Å². The highest BCUT2D eigenvalue weighted by Crippen LogP contribution is 2.33. The van der Waals surface area contributed by atoms with E-state index in [1.165, 1.54) is 18.4 Å². The largest absolute Gasteiger partial charge is 0.382 e. The Balaban J connectivity index is 1.68. The first-order valence-corrected chi connectivity index (χ1v) is 10.1. The van der Waals surface area contributed by atoms with Crippen LogP contribution in [0.3, 0.4) is 0 Å². The quantitative estimate of drug-likeness (QED) is 0.697. The summed E-state index contributed by atoms with van der Waals surface area (Å²) in [6.07, 6.45) is 6.36. The third-order valence-corrected chi connectivity index (χ3v) is 6.04. The second-order valence-corrected chi connectivity index (χ2v) is 7.94. The van der Waals surface area contributed by atoms with Crippen molar-refractivity contribution in [1.29, 1.82) is 0 Å². The standard InChI is InChI=1S/C22H33NO3/c1-17-8-10-19(11-9-17)22(24)23-13-12-21(26-15-14-25-2)20(23)16-18-6-4-3-5-7-18/h3-7,17,19-21H,8-16H2,1-2H3/t17?,19?,20-,21+/m0/s1. The Bertz CT molecular complexity index is 554. The molecule has 0 radical (unpaired) electrons. The number of nitrogens with zero attached hydrogens (tertiary/aromatic N) is 1. The Labute approximate surface area is 157 Å². The molecule has 1 aliphatic carbocycles. The van der Waals surface area contributed by atoms with E-state index in [4.69, 9.17) is 9.47 Å². The zero-order chi connectivity index (χ0) is 18.4. The summed E-state index contributed by atoms with van der Waals surface area (Å²) in [6, 6.07) is 10.6. The van der Waals surface area contributed by atoms with E-state index < -0.39 is 0 Å². The molecule has 2 fully saturated rings. The van der Waals surface area contributed by atoms with Crippen LogP contribution in [0.2, 0.25) is 0 Å². The van der Waals surface area contributed by atoms with Gasteiger partial charge < -0.3 is 14.4 Å². The normalized spacial score (nSPS) is 29.1. The Hall–Kier alpha value is -1.39. The summed E-state index contributed by atoms with van der Waals surface area (Å²) in [5.41, 5.74) is 1.27. The highest BCUT2D eigenvalue weighted by Gasteiger charge is 2.40. The fourth-order valence-corrected chi connectivity index (χ4v) is 4.41. The lowest BCUT2D eigenvalue weighted by molar-refractivity contribution is -0.139. The number of carbonyl (C=O) groups is 1. The molecular formula is C22H33NO3. The molecule has 1 saturated heterocycles. The monoisotopic (exact) mass is 359 g/mol. The van der Waals surface area contributed by atoms with Gasteiger partial charge in [-0.2, -0.15) is 0 Å². The summed E-state index contributed by atoms with van der Waals surface area (Å²) in [7, 11) is 1.69. The lowest BCUT2D eigenvalue weighted by Gasteiger charge is -2.33. The molecule has 4 heteroatoms. The van der Waals surface area contributed by atoms with E-state index in [2.05, 4.69) is 36.1 Å². The van der Waals surface area contributed by atoms with Crippen LogP contribution in [0.4, 0.5) is 0 Å². The van der Waals surface area contributed by atoms with Crippen molar-refractivity contribution in [3.8, 4) is 0 Å². The van der Waals surface area contributed by atoms with Crippen LogP contribution >= 0.6 is 0 Å². The third kappa shape index (κ3) is 4.86. The van der Waals surface area contributed by atoms with Crippen LogP contribution in [0.1, 0.15) is 44.6 Å². The second-order valence-electron chi connectivity index (χ2n) is 7.94. The molecule has 3 rings (SSSR count). The van der Waals surface area contributed by atoms with E-state index >= 15 is 0 Å². The Morgan fingerprint density at radius 3 is 2.50 bits per heavy atom. The molecular weight excluding hydrogens is 326 g/mol. The molecule has 4 nitrogen and oxygen atoms in total. The van der Waals surface area contributed by atoms with E-state index in [1.807, 2.05) is 6.07 Å². The van der Waals surface area contributed by atoms with Crippen LogP contribution in [-0.4, -0.2) is 49.8 Å². The van der Waals surface area contributed by atoms with Gasteiger partial charge in [0.2, 0.25) is 5.91 Å². The second kappa shape index (κ2) is 9.52. The summed E-state index contributed by atoms with van der Waals surface area (Å²) < 4.78 is 11.2. The zero-order valence-electron chi connectivity index (χ0n) is 16.2. The molecule has 0 spiro atoms. The van der Waals surface area contributed by atoms with Gasteiger partial charge in [0.15, 0.2) is 0 Å². The van der Waals surface area contributed by atoms with Crippen LogP contribution in [0.15, 0.2) is 30.3 Å². The predicted octanol–water partition coefficient (Wildman–Crippen LogP) is 3.69. The number of ether oxygens (including phenoxy) is 2. The number of likely N-dealkylation sites (tertiary alicyclic amines) is 1. The van der Waals surface area contributed by atoms with Crippen molar-refractivity contribution in [2.75, 3.05) is 26.9 Å². The number of amides is 1. The van der Waals surface area contributed by atoms with Gasteiger partial charge in [-0.05, 0) is 50.0 Å². The van der Waals surface area contributed by atoms with Gasteiger partial charge in [0, 0.05) is 19.6 Å². The molecule has 2 atom stereocenters. The first-order valence-electron chi connectivity index (χ1n) is 10.1. The molecule has 144 valence electrons. The van der Waals surface area contributed by atoms with Crippen molar-refractivity contribution in [2.24, 2.45) is 11.8 Å². The summed E-state index contributed by atoms with van der Waals surface area (Å²) >= 11 is 0. The molecule has 0 unspecified atom stereocenters. The zero-order valence-corrected chi connectivity index (χ0v) is 16.2. The number of hydrogen-bond donors (Lipinski definition) is 0. The molecule has 1 saturated carbocycles. The molecule has 1 aliphatic heterocycles. The molecule has 0 aromatic heterocycles. The molecule has 0 bridgehead atoms. The van der Waals surface area contributed by atoms with Gasteiger partial charge >= 0.3 is 0 Å². The molecule has 1 aromatic rings. The first-order chi connectivity index (χ1) is 12.7.